The zero-order valence-electron chi connectivity index (χ0n) is 19.1. The molecule has 1 heterocycles. The summed E-state index contributed by atoms with van der Waals surface area (Å²) in [4.78, 5) is 38.4. The van der Waals surface area contributed by atoms with E-state index >= 15 is 0 Å². The van der Waals surface area contributed by atoms with Crippen molar-refractivity contribution in [3.05, 3.63) is 41.8 Å². The smallest absolute Gasteiger partial charge is 0.408 e. The molecule has 0 spiro atoms. The topological polar surface area (TPSA) is 123 Å². The zero-order chi connectivity index (χ0) is 23.8. The first kappa shape index (κ1) is 24.8. The molecule has 1 fully saturated rings. The van der Waals surface area contributed by atoms with Gasteiger partial charge in [0.1, 0.15) is 12.6 Å². The van der Waals surface area contributed by atoms with E-state index in [2.05, 4.69) is 20.8 Å². The van der Waals surface area contributed by atoms with Crippen molar-refractivity contribution in [2.75, 3.05) is 6.26 Å². The summed E-state index contributed by atoms with van der Waals surface area (Å²) in [5, 5.41) is 13.4. The molecule has 10 heteroatoms. The SMILES string of the molecule is CSc1nnc(C(=O)C(CC2CC2)NC(=O)[C@H](CC(C)C)NC(=O)OCc2ccccc2)o1.[HH].[HH]. The average Bonchev–Trinajstić information content (AvgIpc) is 3.49. The fraction of sp³-hybridized carbons (Fsp3) is 0.522. The molecule has 0 radical (unpaired) electrons. The molecule has 2 N–H and O–H groups in total. The number of aromatic nitrogens is 2. The highest BCUT2D eigenvalue weighted by atomic mass is 32.2. The van der Waals surface area contributed by atoms with E-state index < -0.39 is 29.9 Å². The molecule has 33 heavy (non-hydrogen) atoms. The van der Waals surface area contributed by atoms with E-state index in [9.17, 15) is 14.4 Å². The summed E-state index contributed by atoms with van der Waals surface area (Å²) >= 11 is 1.24. The van der Waals surface area contributed by atoms with Crippen molar-refractivity contribution in [3.63, 3.8) is 0 Å². The van der Waals surface area contributed by atoms with Gasteiger partial charge in [0.05, 0.1) is 6.04 Å². The van der Waals surface area contributed by atoms with Crippen molar-refractivity contribution in [2.45, 2.75) is 63.4 Å². The summed E-state index contributed by atoms with van der Waals surface area (Å²) in [6.07, 6.45) is 4.00. The number of carbonyl (C=O) groups is 3. The molecule has 2 atom stereocenters. The van der Waals surface area contributed by atoms with Crippen LogP contribution in [0, 0.1) is 11.8 Å². The molecule has 9 nitrogen and oxygen atoms in total. The van der Waals surface area contributed by atoms with E-state index in [4.69, 9.17) is 9.15 Å². The number of hydrogen-bond donors (Lipinski definition) is 2. The second-order valence-electron chi connectivity index (χ2n) is 8.57. The Morgan fingerprint density at radius 2 is 1.88 bits per heavy atom. The maximum Gasteiger partial charge on any atom is 0.408 e. The summed E-state index contributed by atoms with van der Waals surface area (Å²) in [5.74, 6) is -0.481. The fourth-order valence-corrected chi connectivity index (χ4v) is 3.63. The molecule has 3 rings (SSSR count). The van der Waals surface area contributed by atoms with E-state index in [1.165, 1.54) is 11.8 Å². The molecule has 1 unspecified atom stereocenters. The molecule has 1 aliphatic rings. The first-order valence-corrected chi connectivity index (χ1v) is 12.3. The number of carbonyl (C=O) groups excluding carboxylic acids is 3. The van der Waals surface area contributed by atoms with Crippen LogP contribution in [0.5, 0.6) is 0 Å². The lowest BCUT2D eigenvalue weighted by atomic mass is 10.0. The van der Waals surface area contributed by atoms with Crippen LogP contribution in [0.2, 0.25) is 0 Å². The number of hydrogen-bond acceptors (Lipinski definition) is 8. The highest BCUT2D eigenvalue weighted by Crippen LogP contribution is 2.34. The normalized spacial score (nSPS) is 15.0. The van der Waals surface area contributed by atoms with E-state index in [0.717, 1.165) is 18.4 Å². The van der Waals surface area contributed by atoms with Crippen LogP contribution < -0.4 is 10.6 Å². The van der Waals surface area contributed by atoms with Crippen molar-refractivity contribution in [1.82, 2.24) is 20.8 Å². The molecule has 0 aliphatic heterocycles. The number of nitrogens with zero attached hydrogens (tertiary/aromatic N) is 2. The van der Waals surface area contributed by atoms with Gasteiger partial charge < -0.3 is 19.8 Å². The molecular weight excluding hydrogens is 444 g/mol. The minimum Gasteiger partial charge on any atom is -0.445 e. The zero-order valence-corrected chi connectivity index (χ0v) is 19.9. The molecule has 0 bridgehead atoms. The van der Waals surface area contributed by atoms with Gasteiger partial charge in [-0.3, -0.25) is 9.59 Å². The Morgan fingerprint density at radius 1 is 1.15 bits per heavy atom. The molecule has 2 amide bonds. The lowest BCUT2D eigenvalue weighted by molar-refractivity contribution is -0.124. The van der Waals surface area contributed by atoms with Crippen LogP contribution in [0.1, 0.15) is 58.6 Å². The Morgan fingerprint density at radius 3 is 2.48 bits per heavy atom. The third-order valence-corrected chi connectivity index (χ3v) is 5.73. The van der Waals surface area contributed by atoms with Crippen molar-refractivity contribution < 1.29 is 26.4 Å². The van der Waals surface area contributed by atoms with Gasteiger partial charge in [-0.25, -0.2) is 4.79 Å². The van der Waals surface area contributed by atoms with Gasteiger partial charge in [0.2, 0.25) is 11.7 Å². The van der Waals surface area contributed by atoms with E-state index in [-0.39, 0.29) is 26.5 Å². The van der Waals surface area contributed by atoms with Crippen LogP contribution in [0.25, 0.3) is 0 Å². The largest absolute Gasteiger partial charge is 0.445 e. The van der Waals surface area contributed by atoms with Gasteiger partial charge in [0.15, 0.2) is 0 Å². The molecule has 1 saturated carbocycles. The Hall–Kier alpha value is -2.88. The highest BCUT2D eigenvalue weighted by molar-refractivity contribution is 7.98. The summed E-state index contributed by atoms with van der Waals surface area (Å²) < 4.78 is 10.6. The van der Waals surface area contributed by atoms with E-state index in [1.807, 2.05) is 44.2 Å². The number of ether oxygens (including phenoxy) is 1. The first-order valence-electron chi connectivity index (χ1n) is 11.0. The van der Waals surface area contributed by atoms with Crippen molar-refractivity contribution in [2.24, 2.45) is 11.8 Å². The van der Waals surface area contributed by atoms with Crippen LogP contribution in [-0.2, 0) is 16.1 Å². The molecule has 2 aromatic rings. The van der Waals surface area contributed by atoms with Crippen molar-refractivity contribution in [1.29, 1.82) is 0 Å². The summed E-state index contributed by atoms with van der Waals surface area (Å²) in [6.45, 7) is 4.00. The molecule has 0 saturated heterocycles. The van der Waals surface area contributed by atoms with Gasteiger partial charge in [-0.1, -0.05) is 68.8 Å². The Balaban J connectivity index is 0.00000306. The monoisotopic (exact) mass is 478 g/mol. The summed E-state index contributed by atoms with van der Waals surface area (Å²) in [5.41, 5.74) is 0.844. The van der Waals surface area contributed by atoms with Crippen molar-refractivity contribution in [3.8, 4) is 0 Å². The number of alkyl carbamates (subject to hydrolysis) is 1. The summed E-state index contributed by atoms with van der Waals surface area (Å²) in [7, 11) is 0. The van der Waals surface area contributed by atoms with Crippen LogP contribution in [0.3, 0.4) is 0 Å². The maximum atomic E-state index is 13.1. The molecule has 182 valence electrons. The third kappa shape index (κ3) is 7.88. The van der Waals surface area contributed by atoms with Crippen molar-refractivity contribution >= 4 is 29.5 Å². The number of nitrogens with one attached hydrogen (secondary N) is 2. The van der Waals surface area contributed by atoms with Gasteiger partial charge in [-0.2, -0.15) is 0 Å². The number of rotatable bonds is 12. The predicted molar refractivity (Wildman–Crippen MR) is 127 cm³/mol. The van der Waals surface area contributed by atoms with Gasteiger partial charge in [0, 0.05) is 2.85 Å². The number of benzene rings is 1. The van der Waals surface area contributed by atoms with E-state index in [0.29, 0.717) is 18.8 Å². The Labute approximate surface area is 200 Å². The summed E-state index contributed by atoms with van der Waals surface area (Å²) in [6, 6.07) is 7.65. The van der Waals surface area contributed by atoms with Gasteiger partial charge in [0.25, 0.3) is 11.1 Å². The third-order valence-electron chi connectivity index (χ3n) is 5.22. The highest BCUT2D eigenvalue weighted by Gasteiger charge is 2.35. The van der Waals surface area contributed by atoms with Crippen LogP contribution >= 0.6 is 11.8 Å². The molecule has 1 aliphatic carbocycles. The minimum absolute atomic E-state index is 0. The first-order chi connectivity index (χ1) is 15.9. The molecule has 1 aromatic heterocycles. The Kier molecular flexibility index (Phi) is 8.87. The lowest BCUT2D eigenvalue weighted by Gasteiger charge is -2.23. The number of thioether (sulfide) groups is 1. The average molecular weight is 479 g/mol. The fourth-order valence-electron chi connectivity index (χ4n) is 3.34. The van der Waals surface area contributed by atoms with Crippen LogP contribution in [0.4, 0.5) is 4.79 Å². The molecular formula is C23H34N4O5S. The van der Waals surface area contributed by atoms with Gasteiger partial charge in [-0.05, 0) is 36.5 Å². The standard InChI is InChI=1S/C23H30N4O5S.2H2/c1-14(2)11-18(25-22(30)31-13-16-7-5-4-6-8-16)20(29)24-17(12-15-9-10-15)19(28)21-26-27-23(32-21)33-3;;/h4-8,14-15,17-18H,9-13H2,1-3H3,(H,24,29)(H,25,30);2*1H/t17?,18-;;/m0../s1. The number of Topliss-reactive ketones (excluding diaryl/α,β-unsaturated/α-hetero) is 1. The maximum absolute atomic E-state index is 13.1. The second-order valence-corrected chi connectivity index (χ2v) is 9.33. The van der Waals surface area contributed by atoms with E-state index in [1.54, 1.807) is 6.26 Å². The molecule has 1 aromatic carbocycles. The van der Waals surface area contributed by atoms with Crippen LogP contribution in [-0.4, -0.2) is 46.3 Å². The van der Waals surface area contributed by atoms with Gasteiger partial charge >= 0.3 is 6.09 Å². The Bertz CT molecular complexity index is 956. The number of amides is 2. The number of ketones is 1. The minimum atomic E-state index is -0.841. The lowest BCUT2D eigenvalue weighted by Crippen LogP contribution is -2.52. The van der Waals surface area contributed by atoms with Crippen LogP contribution in [0.15, 0.2) is 40.0 Å². The quantitative estimate of drug-likeness (QED) is 0.345. The van der Waals surface area contributed by atoms with Gasteiger partial charge in [-0.15, -0.1) is 10.2 Å². The predicted octanol–water partition coefficient (Wildman–Crippen LogP) is 4.09. The second kappa shape index (κ2) is 11.8.